The van der Waals surface area contributed by atoms with E-state index >= 15 is 0 Å². The van der Waals surface area contributed by atoms with Gasteiger partial charge in [0.2, 0.25) is 0 Å². The first-order valence-corrected chi connectivity index (χ1v) is 6.92. The number of hydrogen-bond acceptors (Lipinski definition) is 2. The molecule has 1 N–H and O–H groups in total. The Kier molecular flexibility index (Phi) is 6.92. The summed E-state index contributed by atoms with van der Waals surface area (Å²) in [4.78, 5) is 2.62. The molecule has 5 heteroatoms. The van der Waals surface area contributed by atoms with Crippen LogP contribution in [-0.2, 0) is 0 Å². The summed E-state index contributed by atoms with van der Waals surface area (Å²) < 4.78 is 0. The third-order valence-electron chi connectivity index (χ3n) is 3.80. The molecule has 1 aliphatic heterocycles. The van der Waals surface area contributed by atoms with Gasteiger partial charge in [0.1, 0.15) is 0 Å². The average molecular weight is 324 g/mol. The zero-order chi connectivity index (χ0) is 11.7. The second kappa shape index (κ2) is 7.70. The Balaban J connectivity index is 0.000000902. The van der Waals surface area contributed by atoms with Crippen molar-refractivity contribution in [2.24, 2.45) is 5.92 Å². The van der Waals surface area contributed by atoms with E-state index in [-0.39, 0.29) is 24.8 Å². The Morgan fingerprint density at radius 3 is 2.42 bits per heavy atom. The van der Waals surface area contributed by atoms with E-state index in [0.717, 1.165) is 37.1 Å². The molecule has 1 aromatic rings. The van der Waals surface area contributed by atoms with Crippen molar-refractivity contribution in [3.05, 3.63) is 34.9 Å². The van der Waals surface area contributed by atoms with Crippen molar-refractivity contribution in [1.29, 1.82) is 0 Å². The summed E-state index contributed by atoms with van der Waals surface area (Å²) in [5, 5.41) is 4.29. The molecular formula is C14H21Cl3N2. The second-order valence-electron chi connectivity index (χ2n) is 5.12. The van der Waals surface area contributed by atoms with Crippen LogP contribution in [0, 0.1) is 5.92 Å². The van der Waals surface area contributed by atoms with E-state index in [1.165, 1.54) is 18.4 Å². The predicted molar refractivity (Wildman–Crippen MR) is 85.9 cm³/mol. The van der Waals surface area contributed by atoms with E-state index < -0.39 is 0 Å². The fourth-order valence-corrected chi connectivity index (χ4v) is 3.04. The van der Waals surface area contributed by atoms with Gasteiger partial charge in [-0.1, -0.05) is 23.7 Å². The summed E-state index contributed by atoms with van der Waals surface area (Å²) in [6.07, 6.45) is 2.75. The molecule has 0 aromatic heterocycles. The van der Waals surface area contributed by atoms with Crippen LogP contribution in [0.15, 0.2) is 24.3 Å². The zero-order valence-electron chi connectivity index (χ0n) is 10.8. The molecule has 3 rings (SSSR count). The Morgan fingerprint density at radius 1 is 1.16 bits per heavy atom. The molecule has 0 spiro atoms. The average Bonchev–Trinajstić information content (AvgIpc) is 3.15. The van der Waals surface area contributed by atoms with Gasteiger partial charge in [-0.05, 0) is 36.5 Å². The normalized spacial score (nSPS) is 21.1. The molecule has 108 valence electrons. The van der Waals surface area contributed by atoms with Gasteiger partial charge in [0.15, 0.2) is 0 Å². The molecule has 0 amide bonds. The highest BCUT2D eigenvalue weighted by Gasteiger charge is 2.36. The minimum atomic E-state index is 0. The number of halogens is 3. The number of nitrogens with zero attached hydrogens (tertiary/aromatic N) is 1. The van der Waals surface area contributed by atoms with Crippen LogP contribution in [0.5, 0.6) is 0 Å². The summed E-state index contributed by atoms with van der Waals surface area (Å²) in [6.45, 7) is 4.55. The maximum atomic E-state index is 6.12. The molecule has 2 fully saturated rings. The number of nitrogens with one attached hydrogen (secondary N) is 1. The highest BCUT2D eigenvalue weighted by Crippen LogP contribution is 2.44. The van der Waals surface area contributed by atoms with Gasteiger partial charge < -0.3 is 5.32 Å². The number of benzene rings is 1. The van der Waals surface area contributed by atoms with Gasteiger partial charge in [0, 0.05) is 37.2 Å². The predicted octanol–water partition coefficient (Wildman–Crippen LogP) is 3.54. The Hall–Kier alpha value is 0.01000. The highest BCUT2D eigenvalue weighted by molar-refractivity contribution is 6.30. The molecule has 1 aliphatic carbocycles. The second-order valence-corrected chi connectivity index (χ2v) is 5.56. The van der Waals surface area contributed by atoms with Crippen molar-refractivity contribution in [3.63, 3.8) is 0 Å². The molecule has 1 saturated carbocycles. The first-order valence-electron chi connectivity index (χ1n) is 6.55. The van der Waals surface area contributed by atoms with E-state index in [1.54, 1.807) is 0 Å². The van der Waals surface area contributed by atoms with Crippen LogP contribution in [0.3, 0.4) is 0 Å². The lowest BCUT2D eigenvalue weighted by molar-refractivity contribution is 0.156. The van der Waals surface area contributed by atoms with Crippen LogP contribution >= 0.6 is 36.4 Å². The van der Waals surface area contributed by atoms with Crippen molar-refractivity contribution >= 4 is 36.4 Å². The molecule has 0 bridgehead atoms. The lowest BCUT2D eigenvalue weighted by Gasteiger charge is -2.35. The van der Waals surface area contributed by atoms with Gasteiger partial charge in [-0.3, -0.25) is 4.90 Å². The SMILES string of the molecule is Cl.Cl.Clc1cccc([C@@H](C2CC2)N2CCNCC2)c1. The summed E-state index contributed by atoms with van der Waals surface area (Å²) >= 11 is 6.12. The Bertz CT molecular complexity index is 390. The van der Waals surface area contributed by atoms with Crippen LogP contribution in [0.2, 0.25) is 5.02 Å². The summed E-state index contributed by atoms with van der Waals surface area (Å²) in [7, 11) is 0. The minimum Gasteiger partial charge on any atom is -0.314 e. The first-order chi connectivity index (χ1) is 8.34. The van der Waals surface area contributed by atoms with Crippen LogP contribution in [-0.4, -0.2) is 31.1 Å². The van der Waals surface area contributed by atoms with Gasteiger partial charge in [0.05, 0.1) is 0 Å². The smallest absolute Gasteiger partial charge is 0.0409 e. The molecule has 1 aromatic carbocycles. The molecule has 19 heavy (non-hydrogen) atoms. The first kappa shape index (κ1) is 17.1. The molecular weight excluding hydrogens is 303 g/mol. The number of piperazine rings is 1. The lowest BCUT2D eigenvalue weighted by atomic mass is 10.00. The topological polar surface area (TPSA) is 15.3 Å². The molecule has 0 unspecified atom stereocenters. The van der Waals surface area contributed by atoms with Gasteiger partial charge in [0.25, 0.3) is 0 Å². The molecule has 2 nitrogen and oxygen atoms in total. The van der Waals surface area contributed by atoms with Crippen LogP contribution < -0.4 is 5.32 Å². The van der Waals surface area contributed by atoms with Crippen LogP contribution in [0.1, 0.15) is 24.4 Å². The number of rotatable bonds is 3. The monoisotopic (exact) mass is 322 g/mol. The molecule has 1 atom stereocenters. The minimum absolute atomic E-state index is 0. The zero-order valence-corrected chi connectivity index (χ0v) is 13.2. The fraction of sp³-hybridized carbons (Fsp3) is 0.571. The largest absolute Gasteiger partial charge is 0.314 e. The molecule has 2 aliphatic rings. The van der Waals surface area contributed by atoms with Crippen molar-refractivity contribution in [3.8, 4) is 0 Å². The van der Waals surface area contributed by atoms with Crippen LogP contribution in [0.25, 0.3) is 0 Å². The molecule has 1 heterocycles. The van der Waals surface area contributed by atoms with Crippen molar-refractivity contribution < 1.29 is 0 Å². The van der Waals surface area contributed by atoms with Gasteiger partial charge in [-0.15, -0.1) is 24.8 Å². The molecule has 1 saturated heterocycles. The maximum absolute atomic E-state index is 6.12. The fourth-order valence-electron chi connectivity index (χ4n) is 2.84. The lowest BCUT2D eigenvalue weighted by Crippen LogP contribution is -2.45. The number of hydrogen-bond donors (Lipinski definition) is 1. The summed E-state index contributed by atoms with van der Waals surface area (Å²) in [6, 6.07) is 9.02. The third kappa shape index (κ3) is 4.24. The maximum Gasteiger partial charge on any atom is 0.0409 e. The standard InChI is InChI=1S/C14H19ClN2.2ClH/c15-13-3-1-2-12(10-13)14(11-4-5-11)17-8-6-16-7-9-17;;/h1-3,10-11,14,16H,4-9H2;2*1H/t14-;;/m1../s1. The van der Waals surface area contributed by atoms with Gasteiger partial charge >= 0.3 is 0 Å². The van der Waals surface area contributed by atoms with E-state index in [0.29, 0.717) is 6.04 Å². The Morgan fingerprint density at radius 2 is 1.84 bits per heavy atom. The van der Waals surface area contributed by atoms with Crippen molar-refractivity contribution in [2.45, 2.75) is 18.9 Å². The molecule has 0 radical (unpaired) electrons. The third-order valence-corrected chi connectivity index (χ3v) is 4.04. The van der Waals surface area contributed by atoms with E-state index in [9.17, 15) is 0 Å². The van der Waals surface area contributed by atoms with Gasteiger partial charge in [-0.2, -0.15) is 0 Å². The Labute approximate surface area is 132 Å². The van der Waals surface area contributed by atoms with Crippen molar-refractivity contribution in [2.75, 3.05) is 26.2 Å². The van der Waals surface area contributed by atoms with E-state index in [4.69, 9.17) is 11.6 Å². The summed E-state index contributed by atoms with van der Waals surface area (Å²) in [5.74, 6) is 0.853. The van der Waals surface area contributed by atoms with Crippen molar-refractivity contribution in [1.82, 2.24) is 10.2 Å². The van der Waals surface area contributed by atoms with E-state index in [2.05, 4.69) is 28.4 Å². The quantitative estimate of drug-likeness (QED) is 0.915. The van der Waals surface area contributed by atoms with Crippen LogP contribution in [0.4, 0.5) is 0 Å². The highest BCUT2D eigenvalue weighted by atomic mass is 35.5. The van der Waals surface area contributed by atoms with E-state index in [1.807, 2.05) is 6.07 Å². The summed E-state index contributed by atoms with van der Waals surface area (Å²) in [5.41, 5.74) is 1.40. The van der Waals surface area contributed by atoms with Gasteiger partial charge in [-0.25, -0.2) is 0 Å².